The summed E-state index contributed by atoms with van der Waals surface area (Å²) in [4.78, 5) is 34.9. The van der Waals surface area contributed by atoms with E-state index in [1.165, 1.54) is 0 Å². The van der Waals surface area contributed by atoms with Crippen LogP contribution in [0.25, 0.3) is 0 Å². The number of carbonyl (C=O) groups excluding carboxylic acids is 2. The molecule has 1 heterocycles. The Bertz CT molecular complexity index is 374. The summed E-state index contributed by atoms with van der Waals surface area (Å²) < 4.78 is 4.81. The van der Waals surface area contributed by atoms with Gasteiger partial charge in [0, 0.05) is 19.1 Å². The van der Waals surface area contributed by atoms with Crippen LogP contribution in [0.4, 0.5) is 4.79 Å². The Kier molecular flexibility index (Phi) is 6.23. The average Bonchev–Trinajstić information content (AvgIpc) is 2.37. The third kappa shape index (κ3) is 5.04. The van der Waals surface area contributed by atoms with Crippen molar-refractivity contribution < 1.29 is 24.2 Å². The Morgan fingerprint density at radius 2 is 2.10 bits per heavy atom. The maximum atomic E-state index is 12.0. The molecule has 1 rings (SSSR count). The summed E-state index contributed by atoms with van der Waals surface area (Å²) in [7, 11) is 0. The minimum atomic E-state index is -1.05. The second kappa shape index (κ2) is 7.68. The Hall–Kier alpha value is -1.83. The van der Waals surface area contributed by atoms with E-state index in [1.54, 1.807) is 4.90 Å². The molecule has 0 aromatic carbocycles. The van der Waals surface area contributed by atoms with Crippen LogP contribution in [0.5, 0.6) is 0 Å². The van der Waals surface area contributed by atoms with Gasteiger partial charge in [0.25, 0.3) is 0 Å². The molecule has 0 radical (unpaired) electrons. The number of nitrogens with zero attached hydrogens (tertiary/aromatic N) is 1. The highest BCUT2D eigenvalue weighted by molar-refractivity contribution is 5.79. The van der Waals surface area contributed by atoms with E-state index in [9.17, 15) is 14.4 Å². The maximum Gasteiger partial charge on any atom is 0.329 e. The highest BCUT2D eigenvalue weighted by atomic mass is 16.5. The van der Waals surface area contributed by atoms with Gasteiger partial charge in [-0.3, -0.25) is 4.79 Å². The molecule has 1 aliphatic rings. The SMILES string of the molecule is CC1CCC(C(N)=O)CN1C(=O)NCCOCC(=O)O. The van der Waals surface area contributed by atoms with Crippen LogP contribution in [0.1, 0.15) is 19.8 Å². The number of rotatable bonds is 6. The largest absolute Gasteiger partial charge is 0.480 e. The fourth-order valence-electron chi connectivity index (χ4n) is 2.11. The van der Waals surface area contributed by atoms with Crippen LogP contribution in [0.2, 0.25) is 0 Å². The summed E-state index contributed by atoms with van der Waals surface area (Å²) in [5.74, 6) is -1.75. The van der Waals surface area contributed by atoms with Crippen molar-refractivity contribution in [3.63, 3.8) is 0 Å². The maximum absolute atomic E-state index is 12.0. The van der Waals surface area contributed by atoms with Crippen molar-refractivity contribution in [1.29, 1.82) is 0 Å². The van der Waals surface area contributed by atoms with Crippen LogP contribution in [0.15, 0.2) is 0 Å². The van der Waals surface area contributed by atoms with Crippen molar-refractivity contribution in [2.24, 2.45) is 11.7 Å². The minimum Gasteiger partial charge on any atom is -0.480 e. The topological polar surface area (TPSA) is 122 Å². The predicted octanol–water partition coefficient (Wildman–Crippen LogP) is -0.617. The quantitative estimate of drug-likeness (QED) is 0.562. The van der Waals surface area contributed by atoms with E-state index in [4.69, 9.17) is 15.6 Å². The number of hydrogen-bond donors (Lipinski definition) is 3. The van der Waals surface area contributed by atoms with Gasteiger partial charge in [0.2, 0.25) is 5.91 Å². The molecule has 3 amide bonds. The van der Waals surface area contributed by atoms with Crippen molar-refractivity contribution in [3.05, 3.63) is 0 Å². The lowest BCUT2D eigenvalue weighted by atomic mass is 9.93. The third-order valence-electron chi connectivity index (χ3n) is 3.29. The van der Waals surface area contributed by atoms with Gasteiger partial charge in [-0.25, -0.2) is 9.59 Å². The van der Waals surface area contributed by atoms with E-state index >= 15 is 0 Å². The van der Waals surface area contributed by atoms with Crippen molar-refractivity contribution in [2.75, 3.05) is 26.3 Å². The smallest absolute Gasteiger partial charge is 0.329 e. The molecular formula is C12H21N3O5. The summed E-state index contributed by atoms with van der Waals surface area (Å²) in [6, 6.07) is -0.243. The van der Waals surface area contributed by atoms with E-state index in [0.717, 1.165) is 6.42 Å². The standard InChI is InChI=1S/C12H21N3O5/c1-8-2-3-9(11(13)18)6-15(8)12(19)14-4-5-20-7-10(16)17/h8-9H,2-7H2,1H3,(H2,13,18)(H,14,19)(H,16,17). The van der Waals surface area contributed by atoms with Crippen LogP contribution in [0, 0.1) is 5.92 Å². The molecule has 4 N–H and O–H groups in total. The Morgan fingerprint density at radius 1 is 1.40 bits per heavy atom. The molecule has 1 fully saturated rings. The molecule has 0 aromatic rings. The highest BCUT2D eigenvalue weighted by Crippen LogP contribution is 2.21. The van der Waals surface area contributed by atoms with E-state index in [-0.39, 0.29) is 43.7 Å². The summed E-state index contributed by atoms with van der Waals surface area (Å²) in [6.07, 6.45) is 1.43. The number of carboxylic acid groups (broad SMARTS) is 1. The number of aliphatic carboxylic acids is 1. The number of likely N-dealkylation sites (tertiary alicyclic amines) is 1. The number of amides is 3. The lowest BCUT2D eigenvalue weighted by molar-refractivity contribution is -0.142. The molecule has 2 unspecified atom stereocenters. The Morgan fingerprint density at radius 3 is 2.70 bits per heavy atom. The molecule has 8 nitrogen and oxygen atoms in total. The van der Waals surface area contributed by atoms with Gasteiger partial charge in [0.1, 0.15) is 6.61 Å². The number of carbonyl (C=O) groups is 3. The zero-order valence-corrected chi connectivity index (χ0v) is 11.5. The number of piperidine rings is 1. The van der Waals surface area contributed by atoms with Gasteiger partial charge in [-0.1, -0.05) is 0 Å². The van der Waals surface area contributed by atoms with Gasteiger partial charge >= 0.3 is 12.0 Å². The summed E-state index contributed by atoms with van der Waals surface area (Å²) >= 11 is 0. The zero-order valence-electron chi connectivity index (χ0n) is 11.5. The van der Waals surface area contributed by atoms with Crippen molar-refractivity contribution in [1.82, 2.24) is 10.2 Å². The first-order valence-electron chi connectivity index (χ1n) is 6.55. The lowest BCUT2D eigenvalue weighted by Crippen LogP contribution is -2.52. The monoisotopic (exact) mass is 287 g/mol. The van der Waals surface area contributed by atoms with Crippen molar-refractivity contribution in [2.45, 2.75) is 25.8 Å². The van der Waals surface area contributed by atoms with E-state index in [1.807, 2.05) is 6.92 Å². The molecule has 0 saturated carbocycles. The molecule has 114 valence electrons. The number of urea groups is 1. The number of nitrogens with one attached hydrogen (secondary N) is 1. The van der Waals surface area contributed by atoms with Crippen LogP contribution >= 0.6 is 0 Å². The number of carboxylic acids is 1. The average molecular weight is 287 g/mol. The molecule has 1 saturated heterocycles. The first-order chi connectivity index (χ1) is 9.41. The minimum absolute atomic E-state index is 0.0468. The fourth-order valence-corrected chi connectivity index (χ4v) is 2.11. The van der Waals surface area contributed by atoms with E-state index in [2.05, 4.69) is 5.32 Å². The molecule has 0 spiro atoms. The number of nitrogens with two attached hydrogens (primary N) is 1. The molecular weight excluding hydrogens is 266 g/mol. The van der Waals surface area contributed by atoms with Crippen LogP contribution in [0.3, 0.4) is 0 Å². The number of primary amides is 1. The van der Waals surface area contributed by atoms with E-state index in [0.29, 0.717) is 13.0 Å². The van der Waals surface area contributed by atoms with Crippen LogP contribution < -0.4 is 11.1 Å². The molecule has 2 atom stereocenters. The molecule has 1 aliphatic heterocycles. The highest BCUT2D eigenvalue weighted by Gasteiger charge is 2.31. The second-order valence-electron chi connectivity index (χ2n) is 4.86. The van der Waals surface area contributed by atoms with Crippen molar-refractivity contribution in [3.8, 4) is 0 Å². The number of ether oxygens (including phenoxy) is 1. The first-order valence-corrected chi connectivity index (χ1v) is 6.55. The molecule has 0 aliphatic carbocycles. The second-order valence-corrected chi connectivity index (χ2v) is 4.86. The van der Waals surface area contributed by atoms with Gasteiger partial charge in [-0.2, -0.15) is 0 Å². The van der Waals surface area contributed by atoms with E-state index < -0.39 is 5.97 Å². The first kappa shape index (κ1) is 16.2. The molecule has 20 heavy (non-hydrogen) atoms. The Balaban J connectivity index is 2.33. The van der Waals surface area contributed by atoms with Gasteiger partial charge < -0.3 is 25.8 Å². The summed E-state index contributed by atoms with van der Waals surface area (Å²) in [6.45, 7) is 2.19. The summed E-state index contributed by atoms with van der Waals surface area (Å²) in [5.41, 5.74) is 5.27. The molecule has 0 bridgehead atoms. The molecule has 0 aromatic heterocycles. The van der Waals surface area contributed by atoms with Gasteiger partial charge in [0.05, 0.1) is 12.5 Å². The van der Waals surface area contributed by atoms with Crippen LogP contribution in [-0.4, -0.2) is 60.3 Å². The normalized spacial score (nSPS) is 22.4. The van der Waals surface area contributed by atoms with Crippen molar-refractivity contribution >= 4 is 17.9 Å². The van der Waals surface area contributed by atoms with Gasteiger partial charge in [0.15, 0.2) is 0 Å². The van der Waals surface area contributed by atoms with Gasteiger partial charge in [-0.05, 0) is 19.8 Å². The lowest BCUT2D eigenvalue weighted by Gasteiger charge is -2.36. The zero-order chi connectivity index (χ0) is 15.1. The van der Waals surface area contributed by atoms with Crippen LogP contribution in [-0.2, 0) is 14.3 Å². The van der Waals surface area contributed by atoms with Gasteiger partial charge in [-0.15, -0.1) is 0 Å². The fraction of sp³-hybridized carbons (Fsp3) is 0.750. The number of hydrogen-bond acceptors (Lipinski definition) is 4. The summed E-state index contributed by atoms with van der Waals surface area (Å²) in [5, 5.41) is 11.0. The Labute approximate surface area is 117 Å². The predicted molar refractivity (Wildman–Crippen MR) is 69.9 cm³/mol. The molecule has 8 heteroatoms. The third-order valence-corrected chi connectivity index (χ3v) is 3.29.